The molecule has 3 nitrogen and oxygen atoms in total. The summed E-state index contributed by atoms with van der Waals surface area (Å²) < 4.78 is 13.3. The Kier molecular flexibility index (Phi) is 6.37. The van der Waals surface area contributed by atoms with Crippen LogP contribution in [0.1, 0.15) is 44.1 Å². The minimum absolute atomic E-state index is 0.0604. The number of carbonyl (C=O) groups excluding carboxylic acids is 1. The number of hydrogen-bond donors (Lipinski definition) is 1. The van der Waals surface area contributed by atoms with Crippen LogP contribution in [0.3, 0.4) is 0 Å². The number of nitrogens with one attached hydrogen (secondary N) is 1. The van der Waals surface area contributed by atoms with Gasteiger partial charge in [-0.25, -0.2) is 4.39 Å². The van der Waals surface area contributed by atoms with E-state index in [1.165, 1.54) is 18.6 Å². The molecule has 1 unspecified atom stereocenters. The third-order valence-corrected chi connectivity index (χ3v) is 4.67. The van der Waals surface area contributed by atoms with Gasteiger partial charge in [-0.05, 0) is 62.4 Å². The molecular formula is C18H27FN2O. The Morgan fingerprint density at radius 1 is 1.41 bits per heavy atom. The zero-order valence-electron chi connectivity index (χ0n) is 13.6. The summed E-state index contributed by atoms with van der Waals surface area (Å²) in [5, 5.41) is 3.19. The Morgan fingerprint density at radius 2 is 2.14 bits per heavy atom. The molecule has 22 heavy (non-hydrogen) atoms. The van der Waals surface area contributed by atoms with Crippen LogP contribution in [-0.4, -0.2) is 37.5 Å². The van der Waals surface area contributed by atoms with E-state index in [4.69, 9.17) is 0 Å². The Labute approximate surface area is 132 Å². The Bertz CT molecular complexity index is 484. The average Bonchev–Trinajstić information content (AvgIpc) is 2.53. The number of amides is 1. The van der Waals surface area contributed by atoms with Crippen LogP contribution in [-0.2, 0) is 4.79 Å². The van der Waals surface area contributed by atoms with Crippen molar-refractivity contribution >= 4 is 5.91 Å². The second-order valence-corrected chi connectivity index (χ2v) is 6.38. The Balaban J connectivity index is 1.80. The lowest BCUT2D eigenvalue weighted by molar-refractivity contribution is -0.132. The van der Waals surface area contributed by atoms with E-state index in [0.717, 1.165) is 44.0 Å². The summed E-state index contributed by atoms with van der Waals surface area (Å²) in [6, 6.07) is 6.57. The number of rotatable bonds is 6. The van der Waals surface area contributed by atoms with Crippen LogP contribution < -0.4 is 5.32 Å². The van der Waals surface area contributed by atoms with E-state index in [0.29, 0.717) is 6.42 Å². The normalized spacial score (nSPS) is 17.5. The van der Waals surface area contributed by atoms with Crippen molar-refractivity contribution in [3.8, 4) is 0 Å². The summed E-state index contributed by atoms with van der Waals surface area (Å²) in [5.74, 6) is 0.758. The predicted octanol–water partition coefficient (Wildman–Crippen LogP) is 3.17. The first-order chi connectivity index (χ1) is 10.6. The van der Waals surface area contributed by atoms with Gasteiger partial charge in [0.2, 0.25) is 5.91 Å². The predicted molar refractivity (Wildman–Crippen MR) is 87.3 cm³/mol. The molecule has 1 aliphatic heterocycles. The van der Waals surface area contributed by atoms with Crippen molar-refractivity contribution in [1.82, 2.24) is 10.2 Å². The highest BCUT2D eigenvalue weighted by Crippen LogP contribution is 2.24. The molecule has 0 aromatic heterocycles. The summed E-state index contributed by atoms with van der Waals surface area (Å²) in [6.45, 7) is 4.77. The maximum absolute atomic E-state index is 13.3. The molecule has 1 aromatic rings. The maximum atomic E-state index is 13.3. The molecule has 1 heterocycles. The molecule has 0 bridgehead atoms. The average molecular weight is 306 g/mol. The van der Waals surface area contributed by atoms with Gasteiger partial charge >= 0.3 is 0 Å². The number of halogens is 1. The van der Waals surface area contributed by atoms with Gasteiger partial charge in [0.25, 0.3) is 0 Å². The van der Waals surface area contributed by atoms with E-state index < -0.39 is 0 Å². The van der Waals surface area contributed by atoms with Crippen LogP contribution in [0.15, 0.2) is 24.3 Å². The minimum Gasteiger partial charge on any atom is -0.343 e. The Morgan fingerprint density at radius 3 is 2.77 bits per heavy atom. The summed E-state index contributed by atoms with van der Waals surface area (Å²) in [5.41, 5.74) is 0.900. The third kappa shape index (κ3) is 4.80. The molecule has 122 valence electrons. The molecule has 1 atom stereocenters. The van der Waals surface area contributed by atoms with Crippen LogP contribution >= 0.6 is 0 Å². The van der Waals surface area contributed by atoms with Crippen molar-refractivity contribution in [1.29, 1.82) is 0 Å². The highest BCUT2D eigenvalue weighted by molar-refractivity contribution is 5.77. The first kappa shape index (κ1) is 16.9. The molecule has 0 saturated carbocycles. The topological polar surface area (TPSA) is 32.3 Å². The standard InChI is InChI=1S/C18H27FN2O/c1-14(16-4-3-5-17(19)13-16)12-18(22)21-10-7-15(8-11-21)6-9-20-2/h3-5,13-15,20H,6-12H2,1-2H3. The second-order valence-electron chi connectivity index (χ2n) is 6.38. The zero-order chi connectivity index (χ0) is 15.9. The smallest absolute Gasteiger partial charge is 0.223 e. The molecule has 0 aliphatic carbocycles. The van der Waals surface area contributed by atoms with Crippen molar-refractivity contribution in [2.75, 3.05) is 26.7 Å². The summed E-state index contributed by atoms with van der Waals surface area (Å²) in [4.78, 5) is 14.4. The first-order valence-corrected chi connectivity index (χ1v) is 8.28. The van der Waals surface area contributed by atoms with Gasteiger partial charge in [-0.1, -0.05) is 19.1 Å². The Hall–Kier alpha value is -1.42. The van der Waals surface area contributed by atoms with Crippen molar-refractivity contribution in [3.05, 3.63) is 35.6 Å². The van der Waals surface area contributed by atoms with Gasteiger partial charge in [0.1, 0.15) is 5.82 Å². The van der Waals surface area contributed by atoms with E-state index >= 15 is 0 Å². The van der Waals surface area contributed by atoms with Gasteiger partial charge in [-0.15, -0.1) is 0 Å². The van der Waals surface area contributed by atoms with Crippen LogP contribution in [0.2, 0.25) is 0 Å². The van der Waals surface area contributed by atoms with Crippen molar-refractivity contribution < 1.29 is 9.18 Å². The lowest BCUT2D eigenvalue weighted by atomic mass is 9.92. The van der Waals surface area contributed by atoms with Crippen molar-refractivity contribution in [3.63, 3.8) is 0 Å². The van der Waals surface area contributed by atoms with Gasteiger partial charge in [0.05, 0.1) is 0 Å². The molecule has 2 rings (SSSR count). The van der Waals surface area contributed by atoms with Gasteiger partial charge < -0.3 is 10.2 Å². The monoisotopic (exact) mass is 306 g/mol. The summed E-state index contributed by atoms with van der Waals surface area (Å²) >= 11 is 0. The summed E-state index contributed by atoms with van der Waals surface area (Å²) in [7, 11) is 1.98. The van der Waals surface area contributed by atoms with Crippen molar-refractivity contribution in [2.45, 2.75) is 38.5 Å². The quantitative estimate of drug-likeness (QED) is 0.875. The largest absolute Gasteiger partial charge is 0.343 e. The van der Waals surface area contributed by atoms with Crippen LogP contribution in [0.5, 0.6) is 0 Å². The number of carbonyl (C=O) groups is 1. The highest BCUT2D eigenvalue weighted by atomic mass is 19.1. The van der Waals surface area contributed by atoms with E-state index in [1.54, 1.807) is 6.07 Å². The van der Waals surface area contributed by atoms with Crippen LogP contribution in [0, 0.1) is 11.7 Å². The number of nitrogens with zero attached hydrogens (tertiary/aromatic N) is 1. The van der Waals surface area contributed by atoms with E-state index in [1.807, 2.05) is 24.9 Å². The summed E-state index contributed by atoms with van der Waals surface area (Å²) in [6.07, 6.45) is 3.85. The number of hydrogen-bond acceptors (Lipinski definition) is 2. The van der Waals surface area contributed by atoms with Crippen LogP contribution in [0.25, 0.3) is 0 Å². The maximum Gasteiger partial charge on any atom is 0.223 e. The van der Waals surface area contributed by atoms with Gasteiger partial charge in [-0.3, -0.25) is 4.79 Å². The molecule has 0 spiro atoms. The SMILES string of the molecule is CNCCC1CCN(C(=O)CC(C)c2cccc(F)c2)CC1. The fourth-order valence-corrected chi connectivity index (χ4v) is 3.14. The highest BCUT2D eigenvalue weighted by Gasteiger charge is 2.23. The number of piperidine rings is 1. The molecule has 1 aliphatic rings. The molecule has 1 saturated heterocycles. The second kappa shape index (κ2) is 8.28. The fourth-order valence-electron chi connectivity index (χ4n) is 3.14. The van der Waals surface area contributed by atoms with Gasteiger partial charge in [0, 0.05) is 19.5 Å². The van der Waals surface area contributed by atoms with E-state index in [-0.39, 0.29) is 17.6 Å². The van der Waals surface area contributed by atoms with E-state index in [9.17, 15) is 9.18 Å². The fraction of sp³-hybridized carbons (Fsp3) is 0.611. The molecule has 0 radical (unpaired) electrons. The van der Waals surface area contributed by atoms with Crippen molar-refractivity contribution in [2.24, 2.45) is 5.92 Å². The molecule has 1 amide bonds. The lowest BCUT2D eigenvalue weighted by Crippen LogP contribution is -2.39. The lowest BCUT2D eigenvalue weighted by Gasteiger charge is -2.32. The number of benzene rings is 1. The third-order valence-electron chi connectivity index (χ3n) is 4.67. The molecule has 1 N–H and O–H groups in total. The van der Waals surface area contributed by atoms with Gasteiger partial charge in [-0.2, -0.15) is 0 Å². The molecule has 1 fully saturated rings. The number of likely N-dealkylation sites (tertiary alicyclic amines) is 1. The first-order valence-electron chi connectivity index (χ1n) is 8.28. The van der Waals surface area contributed by atoms with Gasteiger partial charge in [0.15, 0.2) is 0 Å². The minimum atomic E-state index is -0.234. The molecule has 4 heteroatoms. The molecular weight excluding hydrogens is 279 g/mol. The molecule has 1 aromatic carbocycles. The van der Waals surface area contributed by atoms with Crippen LogP contribution in [0.4, 0.5) is 4.39 Å². The van der Waals surface area contributed by atoms with E-state index in [2.05, 4.69) is 5.32 Å². The zero-order valence-corrected chi connectivity index (χ0v) is 13.6.